The van der Waals surface area contributed by atoms with Crippen LogP contribution in [0.2, 0.25) is 0 Å². The third kappa shape index (κ3) is 2.45. The van der Waals surface area contributed by atoms with E-state index in [9.17, 15) is 9.90 Å². The Morgan fingerprint density at radius 3 is 2.55 bits per heavy atom. The number of fused-ring (bicyclic) bond motifs is 1. The van der Waals surface area contributed by atoms with Gasteiger partial charge in [0, 0.05) is 5.56 Å². The van der Waals surface area contributed by atoms with Crippen LogP contribution in [-0.4, -0.2) is 17.1 Å². The second kappa shape index (κ2) is 5.47. The van der Waals surface area contributed by atoms with E-state index in [2.05, 4.69) is 5.32 Å². The zero-order valence-corrected chi connectivity index (χ0v) is 11.1. The average molecular weight is 267 g/mol. The van der Waals surface area contributed by atoms with Gasteiger partial charge in [-0.25, -0.2) is 0 Å². The quantitative estimate of drug-likeness (QED) is 0.878. The Hall–Kier alpha value is -2.13. The third-order valence-corrected chi connectivity index (χ3v) is 3.83. The van der Waals surface area contributed by atoms with Gasteiger partial charge in [-0.3, -0.25) is 4.79 Å². The molecule has 1 aliphatic rings. The van der Waals surface area contributed by atoms with Crippen LogP contribution in [0, 0.1) is 0 Å². The number of benzene rings is 2. The summed E-state index contributed by atoms with van der Waals surface area (Å²) in [7, 11) is 0. The molecule has 0 aromatic heterocycles. The Labute approximate surface area is 118 Å². The largest absolute Gasteiger partial charge is 0.386 e. The maximum atomic E-state index is 12.1. The highest BCUT2D eigenvalue weighted by Crippen LogP contribution is 2.29. The van der Waals surface area contributed by atoms with E-state index in [-0.39, 0.29) is 11.9 Å². The molecule has 3 rings (SSSR count). The van der Waals surface area contributed by atoms with Gasteiger partial charge in [-0.05, 0) is 36.1 Å². The maximum absolute atomic E-state index is 12.1. The fourth-order valence-electron chi connectivity index (χ4n) is 2.73. The maximum Gasteiger partial charge on any atom is 0.251 e. The molecule has 2 aromatic rings. The van der Waals surface area contributed by atoms with Gasteiger partial charge < -0.3 is 10.4 Å². The Bertz CT molecular complexity index is 609. The van der Waals surface area contributed by atoms with Gasteiger partial charge in [-0.15, -0.1) is 0 Å². The molecule has 2 aromatic carbocycles. The van der Waals surface area contributed by atoms with E-state index in [0.717, 1.165) is 18.4 Å². The van der Waals surface area contributed by atoms with Crippen LogP contribution >= 0.6 is 0 Å². The molecular weight excluding hydrogens is 250 g/mol. The molecule has 2 atom stereocenters. The lowest BCUT2D eigenvalue weighted by Crippen LogP contribution is -2.41. The van der Waals surface area contributed by atoms with Crippen molar-refractivity contribution in [2.24, 2.45) is 0 Å². The normalized spacial score (nSPS) is 21.1. The lowest BCUT2D eigenvalue weighted by atomic mass is 9.86. The van der Waals surface area contributed by atoms with Gasteiger partial charge in [-0.2, -0.15) is 0 Å². The van der Waals surface area contributed by atoms with Gasteiger partial charge in [0.25, 0.3) is 5.91 Å². The first-order chi connectivity index (χ1) is 9.75. The van der Waals surface area contributed by atoms with Crippen molar-refractivity contribution in [2.75, 3.05) is 0 Å². The van der Waals surface area contributed by atoms with Crippen molar-refractivity contribution in [3.05, 3.63) is 71.3 Å². The summed E-state index contributed by atoms with van der Waals surface area (Å²) in [6, 6.07) is 16.7. The number of carbonyl (C=O) groups excluding carboxylic acids is 1. The Balaban J connectivity index is 1.75. The van der Waals surface area contributed by atoms with Gasteiger partial charge in [-0.1, -0.05) is 42.5 Å². The van der Waals surface area contributed by atoms with Gasteiger partial charge in [0.05, 0.1) is 12.1 Å². The first-order valence-electron chi connectivity index (χ1n) is 6.87. The standard InChI is InChI=1S/C17H17NO2/c19-16-14-9-5-4-6-12(14)10-11-15(16)18-17(20)13-7-2-1-3-8-13/h1-9,15-16,19H,10-11H2,(H,18,20)/t15-,16+/m1/s1. The summed E-state index contributed by atoms with van der Waals surface area (Å²) in [6.07, 6.45) is 1.01. The van der Waals surface area contributed by atoms with Gasteiger partial charge in [0.15, 0.2) is 0 Å². The second-order valence-electron chi connectivity index (χ2n) is 5.13. The van der Waals surface area contributed by atoms with E-state index in [0.29, 0.717) is 5.56 Å². The van der Waals surface area contributed by atoms with Crippen LogP contribution in [0.4, 0.5) is 0 Å². The zero-order chi connectivity index (χ0) is 13.9. The molecule has 0 saturated carbocycles. The second-order valence-corrected chi connectivity index (χ2v) is 5.13. The van der Waals surface area contributed by atoms with Gasteiger partial charge in [0.1, 0.15) is 0 Å². The number of amides is 1. The number of aryl methyl sites for hydroxylation is 1. The number of rotatable bonds is 2. The Morgan fingerprint density at radius 1 is 1.05 bits per heavy atom. The lowest BCUT2D eigenvalue weighted by molar-refractivity contribution is 0.0799. The van der Waals surface area contributed by atoms with Crippen LogP contribution in [0.3, 0.4) is 0 Å². The molecule has 0 saturated heterocycles. The minimum absolute atomic E-state index is 0.131. The molecule has 1 amide bonds. The average Bonchev–Trinajstić information content (AvgIpc) is 2.51. The van der Waals surface area contributed by atoms with Crippen LogP contribution < -0.4 is 5.32 Å². The molecule has 0 fully saturated rings. The predicted molar refractivity (Wildman–Crippen MR) is 77.4 cm³/mol. The number of aliphatic hydroxyl groups is 1. The first-order valence-corrected chi connectivity index (χ1v) is 6.87. The molecule has 3 nitrogen and oxygen atoms in total. The zero-order valence-electron chi connectivity index (χ0n) is 11.1. The topological polar surface area (TPSA) is 49.3 Å². The molecule has 2 N–H and O–H groups in total. The fourth-order valence-corrected chi connectivity index (χ4v) is 2.73. The molecule has 0 spiro atoms. The highest BCUT2D eigenvalue weighted by Gasteiger charge is 2.28. The summed E-state index contributed by atoms with van der Waals surface area (Å²) in [4.78, 5) is 12.1. The number of aliphatic hydroxyl groups excluding tert-OH is 1. The van der Waals surface area contributed by atoms with Crippen molar-refractivity contribution in [2.45, 2.75) is 25.0 Å². The van der Waals surface area contributed by atoms with Crippen LogP contribution in [0.25, 0.3) is 0 Å². The fraction of sp³-hybridized carbons (Fsp3) is 0.235. The lowest BCUT2D eigenvalue weighted by Gasteiger charge is -2.30. The molecule has 0 aliphatic heterocycles. The Kier molecular flexibility index (Phi) is 3.52. The van der Waals surface area contributed by atoms with Crippen LogP contribution in [-0.2, 0) is 6.42 Å². The van der Waals surface area contributed by atoms with E-state index >= 15 is 0 Å². The van der Waals surface area contributed by atoms with E-state index in [4.69, 9.17) is 0 Å². The molecule has 102 valence electrons. The monoisotopic (exact) mass is 267 g/mol. The van der Waals surface area contributed by atoms with Crippen molar-refractivity contribution < 1.29 is 9.90 Å². The summed E-state index contributed by atoms with van der Waals surface area (Å²) in [6.45, 7) is 0. The van der Waals surface area contributed by atoms with Crippen LogP contribution in [0.15, 0.2) is 54.6 Å². The molecule has 0 heterocycles. The first kappa shape index (κ1) is 12.9. The molecule has 0 bridgehead atoms. The van der Waals surface area contributed by atoms with Crippen LogP contribution in [0.5, 0.6) is 0 Å². The van der Waals surface area contributed by atoms with E-state index < -0.39 is 6.10 Å². The van der Waals surface area contributed by atoms with E-state index in [1.807, 2.05) is 42.5 Å². The Morgan fingerprint density at radius 2 is 1.75 bits per heavy atom. The summed E-state index contributed by atoms with van der Waals surface area (Å²) >= 11 is 0. The minimum atomic E-state index is -0.632. The van der Waals surface area contributed by atoms with Crippen molar-refractivity contribution in [1.82, 2.24) is 5.32 Å². The van der Waals surface area contributed by atoms with Crippen molar-refractivity contribution in [3.8, 4) is 0 Å². The third-order valence-electron chi connectivity index (χ3n) is 3.83. The van der Waals surface area contributed by atoms with Gasteiger partial charge >= 0.3 is 0 Å². The van der Waals surface area contributed by atoms with Gasteiger partial charge in [0.2, 0.25) is 0 Å². The summed E-state index contributed by atoms with van der Waals surface area (Å²) in [5, 5.41) is 13.3. The number of carbonyl (C=O) groups is 1. The summed E-state index contributed by atoms with van der Waals surface area (Å²) in [5.74, 6) is -0.131. The summed E-state index contributed by atoms with van der Waals surface area (Å²) in [5.41, 5.74) is 2.72. The highest BCUT2D eigenvalue weighted by molar-refractivity contribution is 5.94. The SMILES string of the molecule is O=C(N[C@@H]1CCc2ccccc2[C@@H]1O)c1ccccc1. The molecule has 3 heteroatoms. The number of hydrogen-bond acceptors (Lipinski definition) is 2. The minimum Gasteiger partial charge on any atom is -0.386 e. The molecule has 20 heavy (non-hydrogen) atoms. The molecular formula is C17H17NO2. The smallest absolute Gasteiger partial charge is 0.251 e. The molecule has 1 aliphatic carbocycles. The van der Waals surface area contributed by atoms with Crippen molar-refractivity contribution >= 4 is 5.91 Å². The van der Waals surface area contributed by atoms with Crippen molar-refractivity contribution in [1.29, 1.82) is 0 Å². The summed E-state index contributed by atoms with van der Waals surface area (Å²) < 4.78 is 0. The number of nitrogens with one attached hydrogen (secondary N) is 1. The van der Waals surface area contributed by atoms with E-state index in [1.165, 1.54) is 5.56 Å². The van der Waals surface area contributed by atoms with E-state index in [1.54, 1.807) is 12.1 Å². The van der Waals surface area contributed by atoms with Crippen molar-refractivity contribution in [3.63, 3.8) is 0 Å². The van der Waals surface area contributed by atoms with Crippen LogP contribution in [0.1, 0.15) is 34.0 Å². The molecule has 0 radical (unpaired) electrons. The molecule has 0 unspecified atom stereocenters. The predicted octanol–water partition coefficient (Wildman–Crippen LogP) is 2.46. The highest BCUT2D eigenvalue weighted by atomic mass is 16.3. The number of hydrogen-bond donors (Lipinski definition) is 2.